The van der Waals surface area contributed by atoms with Gasteiger partial charge in [0.05, 0.1) is 6.54 Å². The minimum atomic E-state index is -0.537. The molecule has 0 aliphatic carbocycles. The lowest BCUT2D eigenvalue weighted by molar-refractivity contribution is 0.0519. The van der Waals surface area contributed by atoms with Crippen LogP contribution in [0, 0.1) is 0 Å². The van der Waals surface area contributed by atoms with Crippen LogP contribution in [0.4, 0.5) is 4.79 Å². The summed E-state index contributed by atoms with van der Waals surface area (Å²) in [5.41, 5.74) is 0.275. The molecule has 1 amide bonds. The van der Waals surface area contributed by atoms with Gasteiger partial charge < -0.3 is 19.3 Å². The second-order valence-corrected chi connectivity index (χ2v) is 6.15. The van der Waals surface area contributed by atoms with E-state index < -0.39 is 11.7 Å². The zero-order valence-corrected chi connectivity index (χ0v) is 14.0. The summed E-state index contributed by atoms with van der Waals surface area (Å²) in [6, 6.07) is 9.37. The Labute approximate surface area is 139 Å². The highest BCUT2D eigenvalue weighted by atomic mass is 35.5. The molecular weight excluding hydrogens is 320 g/mol. The average Bonchev–Trinajstić information content (AvgIpc) is 2.84. The number of rotatable bonds is 5. The Morgan fingerprint density at radius 1 is 1.30 bits per heavy atom. The van der Waals surface area contributed by atoms with Crippen molar-refractivity contribution in [3.05, 3.63) is 35.4 Å². The summed E-state index contributed by atoms with van der Waals surface area (Å²) in [5, 5.41) is 6.67. The Hall–Kier alpha value is -2.21. The zero-order chi connectivity index (χ0) is 16.9. The Bertz CT molecular complexity index is 650. The maximum Gasteiger partial charge on any atom is 0.407 e. The van der Waals surface area contributed by atoms with E-state index in [1.807, 2.05) is 30.3 Å². The number of hydrogen-bond acceptors (Lipinski definition) is 5. The zero-order valence-electron chi connectivity index (χ0n) is 13.3. The first kappa shape index (κ1) is 17.1. The van der Waals surface area contributed by atoms with Crippen LogP contribution in [-0.4, -0.2) is 30.0 Å². The summed E-state index contributed by atoms with van der Waals surface area (Å²) in [6.45, 7) is 5.84. The summed E-state index contributed by atoms with van der Waals surface area (Å²) in [6.07, 6.45) is -0.502. The van der Waals surface area contributed by atoms with Crippen molar-refractivity contribution < 1.29 is 18.8 Å². The number of nitrogens with one attached hydrogen (secondary N) is 1. The molecule has 1 aromatic carbocycles. The Kier molecular flexibility index (Phi) is 5.50. The number of ether oxygens (including phenoxy) is 2. The molecule has 124 valence electrons. The van der Waals surface area contributed by atoms with Crippen LogP contribution >= 0.6 is 11.6 Å². The summed E-state index contributed by atoms with van der Waals surface area (Å²) in [4.78, 5) is 11.5. The Morgan fingerprint density at radius 2 is 2.00 bits per heavy atom. The van der Waals surface area contributed by atoms with Crippen molar-refractivity contribution in [3.63, 3.8) is 0 Å². The van der Waals surface area contributed by atoms with Gasteiger partial charge in [-0.1, -0.05) is 41.9 Å². The molecule has 2 rings (SSSR count). The Morgan fingerprint density at radius 3 is 2.65 bits per heavy atom. The number of benzene rings is 1. The molecule has 0 atom stereocenters. The molecular formula is C16H19ClN2O4. The fraction of sp³-hybridized carbons (Fsp3) is 0.375. The van der Waals surface area contributed by atoms with Crippen LogP contribution in [0.3, 0.4) is 0 Å². The molecule has 6 nitrogen and oxygen atoms in total. The van der Waals surface area contributed by atoms with Crippen LogP contribution in [0.25, 0.3) is 11.3 Å². The predicted molar refractivity (Wildman–Crippen MR) is 86.7 cm³/mol. The molecule has 0 saturated carbocycles. The van der Waals surface area contributed by atoms with E-state index in [2.05, 4.69) is 10.5 Å². The number of carbonyl (C=O) groups is 1. The molecule has 1 heterocycles. The van der Waals surface area contributed by atoms with Gasteiger partial charge in [0.25, 0.3) is 5.88 Å². The SMILES string of the molecule is CC(C)(C)OC(=O)NCCOc1noc(-c2ccccc2)c1Cl. The fourth-order valence-corrected chi connectivity index (χ4v) is 1.97. The first-order chi connectivity index (χ1) is 10.9. The highest BCUT2D eigenvalue weighted by Gasteiger charge is 2.18. The van der Waals surface area contributed by atoms with Gasteiger partial charge in [0.1, 0.15) is 12.2 Å². The summed E-state index contributed by atoms with van der Waals surface area (Å²) in [7, 11) is 0. The van der Waals surface area contributed by atoms with Crippen molar-refractivity contribution >= 4 is 17.7 Å². The molecule has 23 heavy (non-hydrogen) atoms. The second kappa shape index (κ2) is 7.37. The van der Waals surface area contributed by atoms with Crippen molar-refractivity contribution in [1.82, 2.24) is 10.5 Å². The lowest BCUT2D eigenvalue weighted by Gasteiger charge is -2.19. The monoisotopic (exact) mass is 338 g/mol. The van der Waals surface area contributed by atoms with Gasteiger partial charge in [-0.3, -0.25) is 0 Å². The van der Waals surface area contributed by atoms with E-state index in [-0.39, 0.29) is 19.0 Å². The van der Waals surface area contributed by atoms with E-state index in [1.54, 1.807) is 20.8 Å². The van der Waals surface area contributed by atoms with Crippen LogP contribution < -0.4 is 10.1 Å². The number of aromatic nitrogens is 1. The highest BCUT2D eigenvalue weighted by Crippen LogP contribution is 2.34. The van der Waals surface area contributed by atoms with Gasteiger partial charge in [-0.15, -0.1) is 0 Å². The maximum atomic E-state index is 11.5. The molecule has 0 saturated heterocycles. The lowest BCUT2D eigenvalue weighted by Crippen LogP contribution is -2.34. The number of amides is 1. The molecule has 0 bridgehead atoms. The smallest absolute Gasteiger partial charge is 0.407 e. The van der Waals surface area contributed by atoms with E-state index in [0.717, 1.165) is 5.56 Å². The van der Waals surface area contributed by atoms with Crippen molar-refractivity contribution in [2.75, 3.05) is 13.2 Å². The number of nitrogens with zero attached hydrogens (tertiary/aromatic N) is 1. The first-order valence-corrected chi connectivity index (χ1v) is 7.55. The second-order valence-electron chi connectivity index (χ2n) is 5.77. The molecule has 0 aliphatic rings. The van der Waals surface area contributed by atoms with Gasteiger partial charge in [-0.05, 0) is 25.9 Å². The van der Waals surface area contributed by atoms with Gasteiger partial charge in [-0.2, -0.15) is 0 Å². The van der Waals surface area contributed by atoms with Crippen LogP contribution in [0.5, 0.6) is 5.88 Å². The van der Waals surface area contributed by atoms with Gasteiger partial charge in [0, 0.05) is 5.56 Å². The quantitative estimate of drug-likeness (QED) is 0.837. The van der Waals surface area contributed by atoms with Crippen molar-refractivity contribution in [1.29, 1.82) is 0 Å². The number of hydrogen-bond donors (Lipinski definition) is 1. The normalized spacial score (nSPS) is 11.1. The van der Waals surface area contributed by atoms with E-state index in [0.29, 0.717) is 10.8 Å². The summed E-state index contributed by atoms with van der Waals surface area (Å²) >= 11 is 6.19. The van der Waals surface area contributed by atoms with Crippen LogP contribution in [0.15, 0.2) is 34.9 Å². The Balaban J connectivity index is 1.83. The van der Waals surface area contributed by atoms with Gasteiger partial charge in [0.2, 0.25) is 0 Å². The molecule has 1 aromatic heterocycles. The van der Waals surface area contributed by atoms with Gasteiger partial charge in [-0.25, -0.2) is 4.79 Å². The number of alkyl carbamates (subject to hydrolysis) is 1. The lowest BCUT2D eigenvalue weighted by atomic mass is 10.2. The van der Waals surface area contributed by atoms with Crippen LogP contribution in [-0.2, 0) is 4.74 Å². The molecule has 1 N–H and O–H groups in total. The predicted octanol–water partition coefficient (Wildman–Crippen LogP) is 3.90. The minimum Gasteiger partial charge on any atom is -0.473 e. The summed E-state index contributed by atoms with van der Waals surface area (Å²) < 4.78 is 15.7. The first-order valence-electron chi connectivity index (χ1n) is 7.17. The van der Waals surface area contributed by atoms with Crippen molar-refractivity contribution in [3.8, 4) is 17.2 Å². The molecule has 7 heteroatoms. The van der Waals surface area contributed by atoms with E-state index >= 15 is 0 Å². The standard InChI is InChI=1S/C16H19ClN2O4/c1-16(2,3)22-15(20)18-9-10-21-14-12(17)13(23-19-14)11-7-5-4-6-8-11/h4-8H,9-10H2,1-3H3,(H,18,20). The third-order valence-corrected chi connectivity index (χ3v) is 2.99. The molecule has 0 fully saturated rings. The molecule has 0 unspecified atom stereocenters. The van der Waals surface area contributed by atoms with Gasteiger partial charge >= 0.3 is 6.09 Å². The molecule has 0 radical (unpaired) electrons. The molecule has 0 spiro atoms. The van der Waals surface area contributed by atoms with Crippen LogP contribution in [0.1, 0.15) is 20.8 Å². The van der Waals surface area contributed by atoms with Crippen LogP contribution in [0.2, 0.25) is 5.02 Å². The average molecular weight is 339 g/mol. The number of halogens is 1. The third-order valence-electron chi connectivity index (χ3n) is 2.65. The summed E-state index contributed by atoms with van der Waals surface area (Å²) in [5.74, 6) is 0.638. The molecule has 2 aromatic rings. The molecule has 0 aliphatic heterocycles. The largest absolute Gasteiger partial charge is 0.473 e. The van der Waals surface area contributed by atoms with Gasteiger partial charge in [0.15, 0.2) is 10.8 Å². The van der Waals surface area contributed by atoms with Crippen molar-refractivity contribution in [2.24, 2.45) is 0 Å². The maximum absolute atomic E-state index is 11.5. The third kappa shape index (κ3) is 5.17. The van der Waals surface area contributed by atoms with E-state index in [4.69, 9.17) is 25.6 Å². The fourth-order valence-electron chi connectivity index (χ4n) is 1.74. The van der Waals surface area contributed by atoms with E-state index in [1.165, 1.54) is 0 Å². The van der Waals surface area contributed by atoms with Crippen molar-refractivity contribution in [2.45, 2.75) is 26.4 Å². The topological polar surface area (TPSA) is 73.6 Å². The number of carbonyl (C=O) groups excluding carboxylic acids is 1. The minimum absolute atomic E-state index is 0.191. The highest BCUT2D eigenvalue weighted by molar-refractivity contribution is 6.34. The van der Waals surface area contributed by atoms with E-state index in [9.17, 15) is 4.79 Å².